The molecular weight excluding hydrogens is 419 g/mol. The van der Waals surface area contributed by atoms with Gasteiger partial charge in [0.25, 0.3) is 5.92 Å². The van der Waals surface area contributed by atoms with E-state index in [2.05, 4.69) is 22.3 Å². The first-order valence-corrected chi connectivity index (χ1v) is 9.94. The summed E-state index contributed by atoms with van der Waals surface area (Å²) in [6.45, 7) is 3.78. The Morgan fingerprint density at radius 1 is 0.903 bits per heavy atom. The van der Waals surface area contributed by atoms with E-state index >= 15 is 0 Å². The number of hydrogen-bond acceptors (Lipinski definition) is 3. The van der Waals surface area contributed by atoms with Crippen LogP contribution < -0.4 is 5.32 Å². The first-order chi connectivity index (χ1) is 14.6. The second kappa shape index (κ2) is 7.87. The van der Waals surface area contributed by atoms with Crippen molar-refractivity contribution in [2.75, 3.05) is 26.2 Å². The van der Waals surface area contributed by atoms with Gasteiger partial charge < -0.3 is 10.4 Å². The molecule has 4 nitrogen and oxygen atoms in total. The van der Waals surface area contributed by atoms with Gasteiger partial charge in [0, 0.05) is 26.2 Å². The van der Waals surface area contributed by atoms with Crippen LogP contribution in [0.1, 0.15) is 40.1 Å². The third kappa shape index (κ3) is 3.92. The predicted octanol–water partition coefficient (Wildman–Crippen LogP) is 4.14. The van der Waals surface area contributed by atoms with Crippen LogP contribution in [0.15, 0.2) is 48.5 Å². The number of carbonyl (C=O) groups is 1. The summed E-state index contributed by atoms with van der Waals surface area (Å²) in [6.07, 6.45) is -5.08. The summed E-state index contributed by atoms with van der Waals surface area (Å²) < 4.78 is 60.9. The van der Waals surface area contributed by atoms with Crippen molar-refractivity contribution in [2.24, 2.45) is 0 Å². The third-order valence-electron chi connectivity index (χ3n) is 6.06. The molecule has 1 saturated carbocycles. The Balaban J connectivity index is 0.000000289. The molecule has 9 heteroatoms. The number of fused-ring (bicyclic) bond motifs is 5. The molecule has 2 fully saturated rings. The molecule has 3 aliphatic rings. The van der Waals surface area contributed by atoms with Crippen LogP contribution in [0.2, 0.25) is 0 Å². The fraction of sp³-hybridized carbons (Fsp3) is 0.409. The van der Waals surface area contributed by atoms with Crippen LogP contribution in [0.25, 0.3) is 0 Å². The van der Waals surface area contributed by atoms with Crippen LogP contribution in [-0.2, 0) is 4.79 Å². The second-order valence-electron chi connectivity index (χ2n) is 7.88. The molecule has 2 aliphatic carbocycles. The van der Waals surface area contributed by atoms with E-state index in [9.17, 15) is 22.0 Å². The van der Waals surface area contributed by atoms with E-state index in [1.54, 1.807) is 0 Å². The molecule has 1 heterocycles. The Morgan fingerprint density at radius 3 is 1.68 bits per heavy atom. The molecule has 3 atom stereocenters. The first kappa shape index (κ1) is 21.7. The maximum Gasteiger partial charge on any atom is 0.490 e. The Kier molecular flexibility index (Phi) is 5.51. The molecule has 0 spiro atoms. The first-order valence-electron chi connectivity index (χ1n) is 9.94. The highest BCUT2D eigenvalue weighted by Crippen LogP contribution is 2.70. The van der Waals surface area contributed by atoms with E-state index < -0.39 is 29.9 Å². The van der Waals surface area contributed by atoms with Crippen molar-refractivity contribution in [2.45, 2.75) is 30.0 Å². The maximum absolute atomic E-state index is 14.6. The number of halogens is 5. The van der Waals surface area contributed by atoms with Gasteiger partial charge in [0.15, 0.2) is 0 Å². The van der Waals surface area contributed by atoms with Crippen molar-refractivity contribution in [1.29, 1.82) is 0 Å². The van der Waals surface area contributed by atoms with Crippen molar-refractivity contribution >= 4 is 5.97 Å². The summed E-state index contributed by atoms with van der Waals surface area (Å²) in [7, 11) is 0. The number of hydrogen-bond donors (Lipinski definition) is 2. The summed E-state index contributed by atoms with van der Waals surface area (Å²) in [5.74, 6) is -6.71. The molecule has 166 valence electrons. The normalized spacial score (nSPS) is 26.3. The Hall–Kier alpha value is -2.52. The summed E-state index contributed by atoms with van der Waals surface area (Å²) in [5, 5.41) is 10.5. The van der Waals surface area contributed by atoms with Gasteiger partial charge in [-0.1, -0.05) is 48.5 Å². The second-order valence-corrected chi connectivity index (χ2v) is 7.88. The SMILES string of the molecule is FC1(F)[C@@H]2c3ccccc3C(N3CCNCC3)c3ccccc3[C@@H]21.O=C(O)C(F)(F)F. The van der Waals surface area contributed by atoms with E-state index in [-0.39, 0.29) is 6.04 Å². The minimum atomic E-state index is -5.08. The zero-order chi connectivity index (χ0) is 22.4. The Morgan fingerprint density at radius 2 is 1.29 bits per heavy atom. The highest BCUT2D eigenvalue weighted by Gasteiger charge is 2.71. The van der Waals surface area contributed by atoms with E-state index in [1.807, 2.05) is 36.4 Å². The van der Waals surface area contributed by atoms with Gasteiger partial charge in [0.2, 0.25) is 0 Å². The number of aliphatic carboxylic acids is 1. The molecule has 2 aromatic rings. The lowest BCUT2D eigenvalue weighted by molar-refractivity contribution is -0.192. The summed E-state index contributed by atoms with van der Waals surface area (Å²) in [5.41, 5.74) is 3.81. The molecule has 5 rings (SSSR count). The smallest absolute Gasteiger partial charge is 0.475 e. The Bertz CT molecular complexity index is 917. The van der Waals surface area contributed by atoms with Crippen molar-refractivity contribution in [1.82, 2.24) is 10.2 Å². The molecule has 1 saturated heterocycles. The van der Waals surface area contributed by atoms with Crippen molar-refractivity contribution in [3.05, 3.63) is 70.8 Å². The van der Waals surface area contributed by atoms with Crippen LogP contribution >= 0.6 is 0 Å². The lowest BCUT2D eigenvalue weighted by Crippen LogP contribution is -2.45. The van der Waals surface area contributed by atoms with E-state index in [0.717, 1.165) is 48.4 Å². The zero-order valence-electron chi connectivity index (χ0n) is 16.4. The zero-order valence-corrected chi connectivity index (χ0v) is 16.4. The third-order valence-corrected chi connectivity index (χ3v) is 6.06. The van der Waals surface area contributed by atoms with E-state index in [4.69, 9.17) is 9.90 Å². The fourth-order valence-electron chi connectivity index (χ4n) is 4.69. The summed E-state index contributed by atoms with van der Waals surface area (Å²) >= 11 is 0. The van der Waals surface area contributed by atoms with Gasteiger partial charge >= 0.3 is 12.1 Å². The molecule has 31 heavy (non-hydrogen) atoms. The standard InChI is InChI=1S/C20H20F2N2.C2HF3O2/c21-20(22)17-13-5-1-3-7-15(13)19(24-11-9-23-10-12-24)16-8-4-2-6-14(16)18(17)20;3-2(4,5)1(6)7/h1-8,17-19,23H,9-12H2;(H,6,7)/t17-,18+,19?;. The van der Waals surface area contributed by atoms with Crippen molar-refractivity contribution in [3.63, 3.8) is 0 Å². The van der Waals surface area contributed by atoms with Gasteiger partial charge in [-0.25, -0.2) is 13.6 Å². The lowest BCUT2D eigenvalue weighted by atomic mass is 9.90. The van der Waals surface area contributed by atoms with Crippen LogP contribution in [0.5, 0.6) is 0 Å². The van der Waals surface area contributed by atoms with Crippen LogP contribution in [0, 0.1) is 0 Å². The molecule has 0 bridgehead atoms. The number of rotatable bonds is 1. The quantitative estimate of drug-likeness (QED) is 0.655. The lowest BCUT2D eigenvalue weighted by Gasteiger charge is -2.37. The average Bonchev–Trinajstić information content (AvgIpc) is 3.34. The molecule has 0 amide bonds. The largest absolute Gasteiger partial charge is 0.490 e. The van der Waals surface area contributed by atoms with E-state index in [1.165, 1.54) is 0 Å². The average molecular weight is 440 g/mol. The monoisotopic (exact) mass is 440 g/mol. The molecule has 0 aromatic heterocycles. The summed E-state index contributed by atoms with van der Waals surface area (Å²) in [6, 6.07) is 15.8. The van der Waals surface area contributed by atoms with Crippen LogP contribution in [0.3, 0.4) is 0 Å². The van der Waals surface area contributed by atoms with Gasteiger partial charge in [-0.3, -0.25) is 4.90 Å². The number of carboxylic acids is 1. The van der Waals surface area contributed by atoms with Gasteiger partial charge in [-0.2, -0.15) is 13.2 Å². The van der Waals surface area contributed by atoms with Crippen LogP contribution in [-0.4, -0.2) is 54.3 Å². The predicted molar refractivity (Wildman–Crippen MR) is 103 cm³/mol. The minimum Gasteiger partial charge on any atom is -0.475 e. The molecule has 2 N–H and O–H groups in total. The van der Waals surface area contributed by atoms with E-state index in [0.29, 0.717) is 0 Å². The summed E-state index contributed by atoms with van der Waals surface area (Å²) in [4.78, 5) is 11.3. The number of benzene rings is 2. The molecule has 0 radical (unpaired) electrons. The van der Waals surface area contributed by atoms with Crippen molar-refractivity contribution < 1.29 is 31.9 Å². The fourth-order valence-corrected chi connectivity index (χ4v) is 4.69. The number of piperazine rings is 1. The molecule has 2 aromatic carbocycles. The van der Waals surface area contributed by atoms with Gasteiger partial charge in [0.1, 0.15) is 0 Å². The van der Waals surface area contributed by atoms with Gasteiger partial charge in [-0.05, 0) is 22.3 Å². The topological polar surface area (TPSA) is 52.6 Å². The minimum absolute atomic E-state index is 0.0862. The van der Waals surface area contributed by atoms with Crippen molar-refractivity contribution in [3.8, 4) is 0 Å². The number of nitrogens with zero attached hydrogens (tertiary/aromatic N) is 1. The number of nitrogens with one attached hydrogen (secondary N) is 1. The highest BCUT2D eigenvalue weighted by molar-refractivity contribution is 5.73. The maximum atomic E-state index is 14.6. The van der Waals surface area contributed by atoms with Crippen LogP contribution in [0.4, 0.5) is 22.0 Å². The van der Waals surface area contributed by atoms with Gasteiger partial charge in [-0.15, -0.1) is 0 Å². The molecule has 1 aliphatic heterocycles. The molecule has 1 unspecified atom stereocenters. The number of carboxylic acid groups (broad SMARTS) is 1. The van der Waals surface area contributed by atoms with Gasteiger partial charge in [0.05, 0.1) is 17.9 Å². The highest BCUT2D eigenvalue weighted by atomic mass is 19.4. The number of alkyl halides is 5. The Labute approximate surface area is 175 Å². The molecular formula is C22H21F5N2O2.